The van der Waals surface area contributed by atoms with E-state index in [0.29, 0.717) is 0 Å². The van der Waals surface area contributed by atoms with E-state index in [1.54, 1.807) is 0 Å². The Kier molecular flexibility index (Phi) is 5.52. The molecule has 1 heteroatoms. The van der Waals surface area contributed by atoms with Gasteiger partial charge in [-0.2, -0.15) is 0 Å². The Morgan fingerprint density at radius 3 is 2.33 bits per heavy atom. The fourth-order valence-corrected chi connectivity index (χ4v) is 1.07. The van der Waals surface area contributed by atoms with Crippen LogP contribution >= 0.6 is 0 Å². The van der Waals surface area contributed by atoms with Crippen molar-refractivity contribution in [1.82, 2.24) is 4.90 Å². The lowest BCUT2D eigenvalue weighted by Gasteiger charge is -2.24. The lowest BCUT2D eigenvalue weighted by Crippen LogP contribution is -2.23. The van der Waals surface area contributed by atoms with Crippen LogP contribution in [0.25, 0.3) is 0 Å². The first kappa shape index (κ1) is 11.3. The predicted octanol–water partition coefficient (Wildman–Crippen LogP) is 3.20. The van der Waals surface area contributed by atoms with Crippen molar-refractivity contribution >= 4 is 0 Å². The summed E-state index contributed by atoms with van der Waals surface area (Å²) in [4.78, 5) is 2.31. The lowest BCUT2D eigenvalue weighted by atomic mass is 10.2. The molecule has 0 rings (SSSR count). The Morgan fingerprint density at radius 2 is 2.00 bits per heavy atom. The van der Waals surface area contributed by atoms with Crippen LogP contribution in [0, 0.1) is 0 Å². The van der Waals surface area contributed by atoms with Crippen molar-refractivity contribution in [2.75, 3.05) is 13.1 Å². The van der Waals surface area contributed by atoms with Crippen molar-refractivity contribution in [2.45, 2.75) is 34.1 Å². The van der Waals surface area contributed by atoms with Crippen molar-refractivity contribution in [3.05, 3.63) is 23.9 Å². The van der Waals surface area contributed by atoms with Crippen LogP contribution in [-0.2, 0) is 0 Å². The molecule has 0 bridgehead atoms. The van der Waals surface area contributed by atoms with Crippen LogP contribution in [-0.4, -0.2) is 18.0 Å². The van der Waals surface area contributed by atoms with E-state index < -0.39 is 0 Å². The Hall–Kier alpha value is -0.720. The van der Waals surface area contributed by atoms with Crippen LogP contribution in [0.2, 0.25) is 0 Å². The molecular weight excluding hydrogens is 146 g/mol. The van der Waals surface area contributed by atoms with Crippen LogP contribution in [0.4, 0.5) is 0 Å². The molecule has 0 aliphatic carbocycles. The lowest BCUT2D eigenvalue weighted by molar-refractivity contribution is 0.374. The molecule has 1 nitrogen and oxygen atoms in total. The highest BCUT2D eigenvalue weighted by Crippen LogP contribution is 2.05. The highest BCUT2D eigenvalue weighted by atomic mass is 15.1. The largest absolute Gasteiger partial charge is 0.372 e. The van der Waals surface area contributed by atoms with Gasteiger partial charge in [0.2, 0.25) is 0 Å². The van der Waals surface area contributed by atoms with Crippen LogP contribution in [0.5, 0.6) is 0 Å². The van der Waals surface area contributed by atoms with E-state index >= 15 is 0 Å². The smallest absolute Gasteiger partial charge is 0.0382 e. The molecule has 0 aromatic heterocycles. The summed E-state index contributed by atoms with van der Waals surface area (Å²) in [7, 11) is 0. The third-order valence-corrected chi connectivity index (χ3v) is 1.97. The summed E-state index contributed by atoms with van der Waals surface area (Å²) >= 11 is 0. The molecule has 0 fully saturated rings. The van der Waals surface area contributed by atoms with Gasteiger partial charge in [-0.15, -0.1) is 0 Å². The summed E-state index contributed by atoms with van der Waals surface area (Å²) in [5.41, 5.74) is 2.57. The third kappa shape index (κ3) is 4.22. The van der Waals surface area contributed by atoms with E-state index in [2.05, 4.69) is 45.2 Å². The summed E-state index contributed by atoms with van der Waals surface area (Å²) in [5.74, 6) is 0. The molecule has 0 heterocycles. The van der Waals surface area contributed by atoms with Gasteiger partial charge in [-0.25, -0.2) is 0 Å². The molecule has 0 spiro atoms. The van der Waals surface area contributed by atoms with E-state index in [1.807, 2.05) is 0 Å². The van der Waals surface area contributed by atoms with Crippen molar-refractivity contribution in [3.8, 4) is 0 Å². The van der Waals surface area contributed by atoms with Gasteiger partial charge in [0.1, 0.15) is 0 Å². The summed E-state index contributed by atoms with van der Waals surface area (Å²) in [6.45, 7) is 14.6. The molecule has 0 aromatic carbocycles. The van der Waals surface area contributed by atoms with Gasteiger partial charge in [-0.3, -0.25) is 0 Å². The van der Waals surface area contributed by atoms with Gasteiger partial charge in [-0.1, -0.05) is 25.2 Å². The number of rotatable bonds is 5. The van der Waals surface area contributed by atoms with Crippen LogP contribution in [0.3, 0.4) is 0 Å². The van der Waals surface area contributed by atoms with Gasteiger partial charge in [0, 0.05) is 18.8 Å². The quantitative estimate of drug-likeness (QED) is 0.568. The molecule has 0 amide bonds. The van der Waals surface area contributed by atoms with Gasteiger partial charge in [-0.05, 0) is 27.2 Å². The third-order valence-electron chi connectivity index (χ3n) is 1.97. The second-order valence-electron chi connectivity index (χ2n) is 3.29. The van der Waals surface area contributed by atoms with Crippen molar-refractivity contribution in [1.29, 1.82) is 0 Å². The Balaban J connectivity index is 4.04. The summed E-state index contributed by atoms with van der Waals surface area (Å²) in [6.07, 6.45) is 3.34. The number of nitrogens with zero attached hydrogens (tertiary/aromatic N) is 1. The highest BCUT2D eigenvalue weighted by molar-refractivity contribution is 5.03. The van der Waals surface area contributed by atoms with Gasteiger partial charge in [0.05, 0.1) is 0 Å². The summed E-state index contributed by atoms with van der Waals surface area (Å²) < 4.78 is 0. The summed E-state index contributed by atoms with van der Waals surface area (Å²) in [6, 6.07) is 0. The molecule has 0 saturated heterocycles. The first-order valence-corrected chi connectivity index (χ1v) is 4.64. The standard InChI is InChI=1S/C11H21N/c1-6-8-12(10(3)4)9-11(5)7-2/h7H,3,6,8-9H2,1-2,4-5H3/b11-7-. The maximum absolute atomic E-state index is 3.96. The molecule has 12 heavy (non-hydrogen) atoms. The zero-order chi connectivity index (χ0) is 9.56. The van der Waals surface area contributed by atoms with Crippen LogP contribution in [0.1, 0.15) is 34.1 Å². The summed E-state index contributed by atoms with van der Waals surface area (Å²) in [5, 5.41) is 0. The fourth-order valence-electron chi connectivity index (χ4n) is 1.07. The minimum Gasteiger partial charge on any atom is -0.372 e. The molecule has 0 atom stereocenters. The van der Waals surface area contributed by atoms with Crippen LogP contribution in [0.15, 0.2) is 23.9 Å². The molecule has 0 saturated carbocycles. The zero-order valence-electron chi connectivity index (χ0n) is 8.85. The van der Waals surface area contributed by atoms with Crippen LogP contribution < -0.4 is 0 Å². The van der Waals surface area contributed by atoms with Gasteiger partial charge in [0.15, 0.2) is 0 Å². The Bertz CT molecular complexity index is 168. The van der Waals surface area contributed by atoms with Crippen molar-refractivity contribution in [3.63, 3.8) is 0 Å². The first-order valence-electron chi connectivity index (χ1n) is 4.64. The average Bonchev–Trinajstić information content (AvgIpc) is 2.03. The van der Waals surface area contributed by atoms with Gasteiger partial charge in [0.25, 0.3) is 0 Å². The number of hydrogen-bond donors (Lipinski definition) is 0. The SMILES string of the molecule is C=C(C)N(CCC)C/C(C)=C\C. The minimum atomic E-state index is 1.03. The molecule has 0 N–H and O–H groups in total. The molecule has 0 radical (unpaired) electrons. The second kappa shape index (κ2) is 5.87. The zero-order valence-corrected chi connectivity index (χ0v) is 8.85. The molecule has 0 aliphatic rings. The molecule has 0 unspecified atom stereocenters. The number of allylic oxidation sites excluding steroid dienone is 2. The van der Waals surface area contributed by atoms with Gasteiger partial charge >= 0.3 is 0 Å². The second-order valence-corrected chi connectivity index (χ2v) is 3.29. The molecule has 70 valence electrons. The van der Waals surface area contributed by atoms with Crippen molar-refractivity contribution < 1.29 is 0 Å². The highest BCUT2D eigenvalue weighted by Gasteiger charge is 2.01. The molecule has 0 aliphatic heterocycles. The fraction of sp³-hybridized carbons (Fsp3) is 0.636. The molecule has 0 aromatic rings. The number of hydrogen-bond acceptors (Lipinski definition) is 1. The normalized spacial score (nSPS) is 11.5. The Labute approximate surface area is 76.8 Å². The van der Waals surface area contributed by atoms with E-state index in [0.717, 1.165) is 18.8 Å². The van der Waals surface area contributed by atoms with E-state index in [1.165, 1.54) is 12.0 Å². The maximum atomic E-state index is 3.96. The van der Waals surface area contributed by atoms with E-state index in [4.69, 9.17) is 0 Å². The first-order chi connectivity index (χ1) is 5.61. The Morgan fingerprint density at radius 1 is 1.42 bits per heavy atom. The van der Waals surface area contributed by atoms with E-state index in [9.17, 15) is 0 Å². The maximum Gasteiger partial charge on any atom is 0.0382 e. The monoisotopic (exact) mass is 167 g/mol. The van der Waals surface area contributed by atoms with Crippen molar-refractivity contribution in [2.24, 2.45) is 0 Å². The predicted molar refractivity (Wildman–Crippen MR) is 56.1 cm³/mol. The van der Waals surface area contributed by atoms with Gasteiger partial charge < -0.3 is 4.90 Å². The minimum absolute atomic E-state index is 1.03. The van der Waals surface area contributed by atoms with E-state index in [-0.39, 0.29) is 0 Å². The topological polar surface area (TPSA) is 3.24 Å². The molecular formula is C11H21N. The average molecular weight is 167 g/mol.